The molecule has 2 atom stereocenters. The monoisotopic (exact) mass is 652 g/mol. The van der Waals surface area contributed by atoms with Gasteiger partial charge in [0.25, 0.3) is 0 Å². The fourth-order valence-electron chi connectivity index (χ4n) is 8.14. The van der Waals surface area contributed by atoms with Crippen LogP contribution in [-0.2, 0) is 42.8 Å². The summed E-state index contributed by atoms with van der Waals surface area (Å²) >= 11 is -3.64. The van der Waals surface area contributed by atoms with E-state index in [0.29, 0.717) is 13.6 Å². The molecule has 2 unspecified atom stereocenters. The third-order valence-corrected chi connectivity index (χ3v) is 52.6. The van der Waals surface area contributed by atoms with Crippen LogP contribution in [0.1, 0.15) is 107 Å². The first-order valence-electron chi connectivity index (χ1n) is 14.4. The van der Waals surface area contributed by atoms with Gasteiger partial charge in [0.1, 0.15) is 0 Å². The molecule has 2 aliphatic rings. The molecule has 2 aliphatic carbocycles. The van der Waals surface area contributed by atoms with E-state index in [9.17, 15) is 0 Å². The summed E-state index contributed by atoms with van der Waals surface area (Å²) in [5.41, 5.74) is 16.5. The van der Waals surface area contributed by atoms with Gasteiger partial charge < -0.3 is 0 Å². The topological polar surface area (TPSA) is 0 Å². The minimum absolute atomic E-state index is 0.453. The van der Waals surface area contributed by atoms with Crippen molar-refractivity contribution in [3.63, 3.8) is 0 Å². The van der Waals surface area contributed by atoms with Crippen molar-refractivity contribution in [1.29, 1.82) is 0 Å². The Kier molecular flexibility index (Phi) is 7.77. The Hall–Kier alpha value is -0.993. The molecule has 0 heterocycles. The van der Waals surface area contributed by atoms with E-state index in [4.69, 9.17) is 0 Å². The molecule has 2 aromatic rings. The number of allylic oxidation sites excluding steroid dienone is 2. The van der Waals surface area contributed by atoms with Crippen molar-refractivity contribution in [1.82, 2.24) is 0 Å². The molecule has 0 bridgehead atoms. The Labute approximate surface area is 217 Å². The van der Waals surface area contributed by atoms with Gasteiger partial charge in [-0.1, -0.05) is 0 Å². The van der Waals surface area contributed by atoms with Gasteiger partial charge >= 0.3 is 219 Å². The standard InChI is InChI=1S/2C14H17.C3H8Si.2CH3.Hf/c2*1-4-11-6-7-12(5-2)14-9-10(3)8-13(11)14;1-2-3-4;;;/h2*6-9H,4-5H2,1-3H3;4H,2-3H2,1H3;2*1H3;. The van der Waals surface area contributed by atoms with Crippen LogP contribution in [0, 0.1) is 0 Å². The number of rotatable bonds is 8. The average Bonchev–Trinajstić information content (AvgIpc) is 3.39. The van der Waals surface area contributed by atoms with Crippen molar-refractivity contribution in [3.8, 4) is 0 Å². The van der Waals surface area contributed by atoms with Crippen molar-refractivity contribution < 1.29 is 17.1 Å². The van der Waals surface area contributed by atoms with Gasteiger partial charge in [-0.3, -0.25) is 0 Å². The third kappa shape index (κ3) is 4.19. The van der Waals surface area contributed by atoms with Crippen LogP contribution in [0.5, 0.6) is 0 Å². The second kappa shape index (κ2) is 10.0. The fourth-order valence-corrected chi connectivity index (χ4v) is 56.0. The van der Waals surface area contributed by atoms with E-state index in [2.05, 4.69) is 94.2 Å². The van der Waals surface area contributed by atoms with Gasteiger partial charge in [-0.25, -0.2) is 0 Å². The Morgan fingerprint density at radius 1 is 0.629 bits per heavy atom. The molecule has 0 aromatic heterocycles. The summed E-state index contributed by atoms with van der Waals surface area (Å²) in [5, 5.41) is 0. The predicted octanol–water partition coefficient (Wildman–Crippen LogP) is 9.52. The van der Waals surface area contributed by atoms with Crippen LogP contribution < -0.4 is 0 Å². The molecular weight excluding hydrogens is 603 g/mol. The first-order chi connectivity index (χ1) is 16.6. The fraction of sp³-hybridized carbons (Fsp3) is 0.515. The molecule has 4 rings (SSSR count). The van der Waals surface area contributed by atoms with Crippen molar-refractivity contribution in [2.24, 2.45) is 0 Å². The van der Waals surface area contributed by atoms with Crippen molar-refractivity contribution in [3.05, 3.63) is 79.9 Å². The zero-order chi connectivity index (χ0) is 25.6. The van der Waals surface area contributed by atoms with Gasteiger partial charge in [0.05, 0.1) is 0 Å². The first-order valence-corrected chi connectivity index (χ1v) is 33.3. The van der Waals surface area contributed by atoms with Crippen molar-refractivity contribution in [2.45, 2.75) is 103 Å². The summed E-state index contributed by atoms with van der Waals surface area (Å²) < 4.78 is 7.23. The van der Waals surface area contributed by atoms with Gasteiger partial charge in [-0.05, 0) is 0 Å². The molecule has 0 amide bonds. The molecule has 2 heteroatoms. The SMILES string of the molecule is CCC[SiH]=[Hf]([CH3])([CH3])([CH]1C(C)=Cc2c(CC)ccc(CC)c21)[CH]1C(C)=Cc2c(CC)ccc(CC)c21. The maximum absolute atomic E-state index is 3.64. The summed E-state index contributed by atoms with van der Waals surface area (Å²) in [5.74, 6) is 0. The van der Waals surface area contributed by atoms with Gasteiger partial charge in [-0.2, -0.15) is 0 Å². The zero-order valence-electron chi connectivity index (χ0n) is 23.9. The average molecular weight is 651 g/mol. The molecule has 0 saturated heterocycles. The molecule has 188 valence electrons. The second-order valence-corrected chi connectivity index (χ2v) is 56.3. The Morgan fingerprint density at radius 3 is 1.34 bits per heavy atom. The van der Waals surface area contributed by atoms with E-state index in [0.717, 1.165) is 25.7 Å². The molecule has 0 aliphatic heterocycles. The molecule has 2 aromatic carbocycles. The van der Waals surface area contributed by atoms with Crippen molar-refractivity contribution >= 4 is 18.4 Å². The van der Waals surface area contributed by atoms with E-state index in [1.54, 1.807) is 55.7 Å². The molecule has 0 saturated carbocycles. The predicted molar refractivity (Wildman–Crippen MR) is 157 cm³/mol. The van der Waals surface area contributed by atoms with Crippen LogP contribution in [0.2, 0.25) is 15.4 Å². The molecule has 0 spiro atoms. The third-order valence-electron chi connectivity index (χ3n) is 9.59. The van der Waals surface area contributed by atoms with E-state index < -0.39 is 17.1 Å². The maximum atomic E-state index is 2.92. The van der Waals surface area contributed by atoms with E-state index >= 15 is 0 Å². The van der Waals surface area contributed by atoms with Crippen LogP contribution in [0.25, 0.3) is 12.2 Å². The quantitative estimate of drug-likeness (QED) is 0.250. The zero-order valence-corrected chi connectivity index (χ0v) is 28.7. The van der Waals surface area contributed by atoms with Crippen molar-refractivity contribution in [2.75, 3.05) is 0 Å². The summed E-state index contributed by atoms with van der Waals surface area (Å²) in [4.78, 5) is 0. The summed E-state index contributed by atoms with van der Waals surface area (Å²) in [7, 11) is 0. The van der Waals surface area contributed by atoms with Gasteiger partial charge in [0.15, 0.2) is 0 Å². The number of hydrogen-bond donors (Lipinski definition) is 0. The number of benzene rings is 2. The molecule has 0 N–H and O–H groups in total. The Morgan fingerprint density at radius 2 is 1.00 bits per heavy atom. The molecular formula is C33H48HfSi. The van der Waals surface area contributed by atoms with Crippen LogP contribution in [-0.4, -0.2) is 6.22 Å². The summed E-state index contributed by atoms with van der Waals surface area (Å²) in [6.45, 7) is 16.8. The summed E-state index contributed by atoms with van der Waals surface area (Å²) in [6.07, 6.45) is 11.6. The van der Waals surface area contributed by atoms with Crippen LogP contribution in [0.4, 0.5) is 0 Å². The Bertz CT molecular complexity index is 1190. The van der Waals surface area contributed by atoms with Crippen LogP contribution in [0.3, 0.4) is 0 Å². The molecule has 0 nitrogen and oxygen atoms in total. The number of aryl methyl sites for hydroxylation is 4. The second-order valence-electron chi connectivity index (χ2n) is 12.2. The van der Waals surface area contributed by atoms with E-state index in [1.165, 1.54) is 12.5 Å². The molecule has 0 fully saturated rings. The van der Waals surface area contributed by atoms with E-state index in [-0.39, 0.29) is 0 Å². The van der Waals surface area contributed by atoms with Gasteiger partial charge in [-0.15, -0.1) is 0 Å². The van der Waals surface area contributed by atoms with Crippen LogP contribution in [0.15, 0.2) is 35.4 Å². The Balaban J connectivity index is 2.09. The van der Waals surface area contributed by atoms with Crippen LogP contribution >= 0.6 is 0 Å². The molecule has 0 radical (unpaired) electrons. The molecule has 35 heavy (non-hydrogen) atoms. The van der Waals surface area contributed by atoms with E-state index in [1.807, 2.05) is 0 Å². The van der Waals surface area contributed by atoms with Gasteiger partial charge in [0, 0.05) is 0 Å². The first kappa shape index (κ1) is 27.1. The number of fused-ring (bicyclic) bond motifs is 2. The normalized spacial score (nSPS) is 19.4. The van der Waals surface area contributed by atoms with Gasteiger partial charge in [0.2, 0.25) is 0 Å². The minimum atomic E-state index is -3.64. The summed E-state index contributed by atoms with van der Waals surface area (Å²) in [6, 6.07) is 11.3. The number of hydrogen-bond acceptors (Lipinski definition) is 0.